The summed E-state index contributed by atoms with van der Waals surface area (Å²) in [6.07, 6.45) is 69.0. The molecule has 0 amide bonds. The van der Waals surface area contributed by atoms with Gasteiger partial charge in [-0.05, 0) is 378 Å². The molecule has 17 rings (SSSR count). The van der Waals surface area contributed by atoms with Gasteiger partial charge < -0.3 is 28.9 Å². The van der Waals surface area contributed by atoms with Gasteiger partial charge in [-0.15, -0.1) is 0 Å². The monoisotopic (exact) mass is 1460 g/mol. The van der Waals surface area contributed by atoms with E-state index in [9.17, 15) is 24.3 Å². The Morgan fingerprint density at radius 2 is 0.698 bits per heavy atom. The van der Waals surface area contributed by atoms with Crippen molar-refractivity contribution in [3.05, 3.63) is 35.6 Å². The molecule has 1 N–H and O–H groups in total. The second kappa shape index (κ2) is 29.9. The van der Waals surface area contributed by atoms with Crippen LogP contribution in [0.25, 0.3) is 0 Å². The molecule has 15 saturated carbocycles. The molecule has 17 fully saturated rings. The number of ether oxygens (including phenoxy) is 3. The molecule has 2 heterocycles. The van der Waals surface area contributed by atoms with E-state index < -0.39 is 6.10 Å². The second-order valence-corrected chi connectivity index (χ2v) is 45.8. The number of aldehydes is 2. The van der Waals surface area contributed by atoms with Gasteiger partial charge in [-0.1, -0.05) is 148 Å². The van der Waals surface area contributed by atoms with Crippen molar-refractivity contribution < 1.29 is 38.5 Å². The molecular formula is C98H158O8. The average Bonchev–Trinajstić information content (AvgIpc) is 1.52. The number of carbonyl (C=O) groups is 4. The van der Waals surface area contributed by atoms with Gasteiger partial charge in [0.2, 0.25) is 0 Å². The molecule has 106 heavy (non-hydrogen) atoms. The molecule has 8 nitrogen and oxygen atoms in total. The Balaban J connectivity index is 0.000000118. The molecule has 2 aliphatic heterocycles. The fourth-order valence-electron chi connectivity index (χ4n) is 32.6. The number of aliphatic hydroxyl groups excluding tert-OH is 1. The van der Waals surface area contributed by atoms with Crippen LogP contribution in [0, 0.1) is 140 Å². The molecule has 0 aromatic rings. The standard InChI is InChI=1S/C22H34O3.C22H34O2.C19H32O.C18H30O.C17H28O/c1-20(2)9-5-10-21(3)17(20)8-11-22(12-13-22)18(21)7-4-6-15-16(23)14-25-19(15)24;1-20(2)10-5-11-21(3)17(20)8-12-22(13-14-22)18(21)7-4-6-16-9-15-24-19(16)23;1-17(2)9-6-10-18(3)15(17)8-11-19(12-13-19)16(18)7-5-14-20-4;1-16(2)8-5-9-17(3)14(16)7-10-18(11-12-18)15(17)6-4-13-19;1-15(2)7-4-8-16(3)13(15)5-9-17(10-11-17)14(16)6-12-18/h6,16-18,23H,4-5,7-14H2,1-3H3;6,17-18H,4-5,7-15H2,1-3H3;5,14-16H,6-13H2,1-4H3;13-15H,4-12H2,1-3H3;12-14H,4-11H2,1-3H3/b15-6+;;;;/t16?,17-,18+,21-;17-,18+,21-;15-,16+,18-;14-,15+,17-;13-,14+,16-/m00000/s1. The maximum atomic E-state index is 11.7. The number of carbonyl (C=O) groups excluding carboxylic acids is 4. The summed E-state index contributed by atoms with van der Waals surface area (Å²) in [5.41, 5.74) is 9.63. The van der Waals surface area contributed by atoms with Crippen molar-refractivity contribution in [1.29, 1.82) is 0 Å². The first-order chi connectivity index (χ1) is 50.0. The van der Waals surface area contributed by atoms with E-state index in [0.717, 1.165) is 110 Å². The van der Waals surface area contributed by atoms with Gasteiger partial charge in [0.25, 0.3) is 0 Å². The zero-order chi connectivity index (χ0) is 76.1. The van der Waals surface area contributed by atoms with E-state index in [1.165, 1.54) is 244 Å². The fraction of sp³-hybridized carbons (Fsp3) is 0.898. The van der Waals surface area contributed by atoms with Crippen LogP contribution in [-0.2, 0) is 33.4 Å². The second-order valence-electron chi connectivity index (χ2n) is 45.8. The predicted molar refractivity (Wildman–Crippen MR) is 432 cm³/mol. The van der Waals surface area contributed by atoms with E-state index in [-0.39, 0.29) is 18.5 Å². The van der Waals surface area contributed by atoms with Crippen LogP contribution in [0.1, 0.15) is 386 Å². The number of hydrogen-bond acceptors (Lipinski definition) is 8. The SMILES string of the molecule is CC1(C)CCC[C@@]2(C)[C@H]1CCC1(CC1)[C@@H]2CC/C=C1/C(=O)OCC1O.CC1(C)CCC[C@@]2(C)[C@H]1CCC1(CC1)[C@@H]2CC=O.CC1(C)CCC[C@@]2(C)[C@H]1CCC1(CC1)[C@@H]2CCC=C1CCOC1=O.CC1(C)CCC[C@@]2(C)[C@H]1CCC1(CC1)[C@@H]2CCC=O.COC=CC[C@H]1C2(CC[C@H]3C(C)(C)CCC[C@@]31C)CC2. The normalized spacial score (nSPS) is 42.6. The van der Waals surface area contributed by atoms with Crippen LogP contribution in [-0.4, -0.2) is 56.0 Å². The van der Waals surface area contributed by atoms with Crippen molar-refractivity contribution in [2.75, 3.05) is 20.3 Å². The lowest BCUT2D eigenvalue weighted by Gasteiger charge is -2.60. The number of methoxy groups -OCH3 is 1. The third-order valence-corrected chi connectivity index (χ3v) is 38.2. The molecule has 0 aromatic heterocycles. The van der Waals surface area contributed by atoms with Crippen LogP contribution in [0.2, 0.25) is 0 Å². The Kier molecular flexibility index (Phi) is 22.9. The van der Waals surface area contributed by atoms with Crippen molar-refractivity contribution in [2.24, 2.45) is 140 Å². The largest absolute Gasteiger partial charge is 0.505 e. The van der Waals surface area contributed by atoms with Gasteiger partial charge in [-0.3, -0.25) is 0 Å². The van der Waals surface area contributed by atoms with Gasteiger partial charge in [-0.2, -0.15) is 0 Å². The summed E-state index contributed by atoms with van der Waals surface area (Å²) in [5.74, 6) is 8.01. The number of hydrogen-bond donors (Lipinski definition) is 1. The zero-order valence-corrected chi connectivity index (χ0v) is 71.1. The summed E-state index contributed by atoms with van der Waals surface area (Å²) in [5, 5.41) is 9.90. The lowest BCUT2D eigenvalue weighted by molar-refractivity contribution is -0.136. The van der Waals surface area contributed by atoms with E-state index in [1.807, 2.05) is 12.3 Å². The smallest absolute Gasteiger partial charge is 0.336 e. The number of cyclic esters (lactones) is 2. The first kappa shape index (κ1) is 81.3. The third kappa shape index (κ3) is 15.1. The molecule has 5 spiro atoms. The van der Waals surface area contributed by atoms with E-state index in [4.69, 9.17) is 14.2 Å². The van der Waals surface area contributed by atoms with E-state index >= 15 is 0 Å². The van der Waals surface area contributed by atoms with Crippen molar-refractivity contribution in [3.63, 3.8) is 0 Å². The number of rotatable bonds is 14. The predicted octanol–water partition coefficient (Wildman–Crippen LogP) is 25.4. The first-order valence-electron chi connectivity index (χ1n) is 45.5. The molecule has 0 bridgehead atoms. The fourth-order valence-corrected chi connectivity index (χ4v) is 32.6. The van der Waals surface area contributed by atoms with Crippen LogP contribution in [0.5, 0.6) is 0 Å². The maximum Gasteiger partial charge on any atom is 0.336 e. The van der Waals surface area contributed by atoms with Crippen LogP contribution < -0.4 is 0 Å². The van der Waals surface area contributed by atoms with Crippen LogP contribution in [0.4, 0.5) is 0 Å². The topological polar surface area (TPSA) is 116 Å². The van der Waals surface area contributed by atoms with Gasteiger partial charge in [0.15, 0.2) is 0 Å². The molecule has 8 heteroatoms. The molecule has 16 atom stereocenters. The van der Waals surface area contributed by atoms with Crippen molar-refractivity contribution in [3.8, 4) is 0 Å². The molecule has 598 valence electrons. The van der Waals surface area contributed by atoms with Gasteiger partial charge in [0.1, 0.15) is 25.3 Å². The summed E-state index contributed by atoms with van der Waals surface area (Å²) in [7, 11) is 1.76. The average molecular weight is 1460 g/mol. The summed E-state index contributed by atoms with van der Waals surface area (Å²) >= 11 is 0. The highest BCUT2D eigenvalue weighted by Crippen LogP contribution is 2.78. The molecule has 0 radical (unpaired) electrons. The van der Waals surface area contributed by atoms with Crippen LogP contribution in [0.15, 0.2) is 35.6 Å². The minimum Gasteiger partial charge on any atom is -0.505 e. The van der Waals surface area contributed by atoms with Gasteiger partial charge in [-0.25, -0.2) is 9.59 Å². The number of fused-ring (bicyclic) bond motifs is 5. The third-order valence-electron chi connectivity index (χ3n) is 38.2. The summed E-state index contributed by atoms with van der Waals surface area (Å²) in [4.78, 5) is 45.5. The molecule has 1 unspecified atom stereocenters. The Morgan fingerprint density at radius 3 is 0.991 bits per heavy atom. The van der Waals surface area contributed by atoms with Crippen molar-refractivity contribution in [2.45, 2.75) is 392 Å². The van der Waals surface area contributed by atoms with Crippen LogP contribution >= 0.6 is 0 Å². The lowest BCUT2D eigenvalue weighted by Crippen LogP contribution is -2.52. The highest BCUT2D eigenvalue weighted by molar-refractivity contribution is 5.91. The van der Waals surface area contributed by atoms with Gasteiger partial charge in [0.05, 0.1) is 25.6 Å². The first-order valence-corrected chi connectivity index (χ1v) is 45.5. The summed E-state index contributed by atoms with van der Waals surface area (Å²) < 4.78 is 15.2. The molecule has 0 aromatic carbocycles. The molecule has 2 saturated heterocycles. The minimum atomic E-state index is -0.717. The summed E-state index contributed by atoms with van der Waals surface area (Å²) in [6.45, 7) is 38.7. The molecule has 17 aliphatic rings. The maximum absolute atomic E-state index is 11.7. The quantitative estimate of drug-likeness (QED) is 0.0791. The Morgan fingerprint density at radius 1 is 0.377 bits per heavy atom. The number of esters is 2. The Bertz CT molecular complexity index is 3220. The highest BCUT2D eigenvalue weighted by Gasteiger charge is 2.68. The van der Waals surface area contributed by atoms with Gasteiger partial charge >= 0.3 is 11.9 Å². The van der Waals surface area contributed by atoms with Crippen LogP contribution in [0.3, 0.4) is 0 Å². The lowest BCUT2D eigenvalue weighted by atomic mass is 9.45. The molecule has 15 aliphatic carbocycles. The molecular weight excluding hydrogens is 1310 g/mol. The van der Waals surface area contributed by atoms with E-state index in [0.29, 0.717) is 99.3 Å². The summed E-state index contributed by atoms with van der Waals surface area (Å²) in [6, 6.07) is 0. The minimum absolute atomic E-state index is 0.0670. The van der Waals surface area contributed by atoms with Gasteiger partial charge in [0, 0.05) is 24.8 Å². The highest BCUT2D eigenvalue weighted by atomic mass is 16.6. The van der Waals surface area contributed by atoms with E-state index in [1.54, 1.807) is 7.11 Å². The number of aliphatic hydroxyl groups is 1. The Labute approximate surface area is 648 Å². The van der Waals surface area contributed by atoms with Crippen molar-refractivity contribution >= 4 is 24.5 Å². The number of allylic oxidation sites excluding steroid dienone is 3. The van der Waals surface area contributed by atoms with E-state index in [2.05, 4.69) is 116 Å². The Hall–Kier alpha value is -2.74. The van der Waals surface area contributed by atoms with Crippen molar-refractivity contribution in [1.82, 2.24) is 0 Å². The zero-order valence-electron chi connectivity index (χ0n) is 71.1.